The van der Waals surface area contributed by atoms with Gasteiger partial charge in [-0.05, 0) is 31.9 Å². The van der Waals surface area contributed by atoms with Crippen molar-refractivity contribution in [3.05, 3.63) is 36.0 Å². The first-order valence-corrected chi connectivity index (χ1v) is 8.72. The van der Waals surface area contributed by atoms with Crippen molar-refractivity contribution in [2.24, 2.45) is 0 Å². The molecule has 2 aromatic heterocycles. The van der Waals surface area contributed by atoms with Crippen molar-refractivity contribution in [2.75, 3.05) is 36.4 Å². The van der Waals surface area contributed by atoms with Crippen LogP contribution in [0.25, 0.3) is 0 Å². The largest absolute Gasteiger partial charge is 0.365 e. The van der Waals surface area contributed by atoms with E-state index < -0.39 is 0 Å². The van der Waals surface area contributed by atoms with Crippen molar-refractivity contribution in [2.45, 2.75) is 31.7 Å². The van der Waals surface area contributed by atoms with E-state index in [1.54, 1.807) is 18.7 Å². The van der Waals surface area contributed by atoms with Crippen LogP contribution in [0.2, 0.25) is 0 Å². The zero-order valence-electron chi connectivity index (χ0n) is 13.8. The average molecular weight is 325 g/mol. The maximum absolute atomic E-state index is 4.53. The minimum atomic E-state index is 0.359. The Labute approximate surface area is 141 Å². The molecule has 0 radical (unpaired) electrons. The quantitative estimate of drug-likeness (QED) is 0.873. The van der Waals surface area contributed by atoms with Crippen LogP contribution in [0.15, 0.2) is 24.8 Å². The highest BCUT2D eigenvalue weighted by Gasteiger charge is 2.23. The van der Waals surface area contributed by atoms with Crippen LogP contribution in [0.1, 0.15) is 24.1 Å². The molecule has 0 saturated carbocycles. The summed E-state index contributed by atoms with van der Waals surface area (Å²) in [4.78, 5) is 20.0. The summed E-state index contributed by atoms with van der Waals surface area (Å²) in [5.74, 6) is 1.82. The molecule has 0 amide bonds. The van der Waals surface area contributed by atoms with Crippen LogP contribution in [0.3, 0.4) is 0 Å². The van der Waals surface area contributed by atoms with Gasteiger partial charge in [-0.1, -0.05) is 0 Å². The molecule has 0 aromatic carbocycles. The van der Waals surface area contributed by atoms with E-state index in [1.807, 2.05) is 6.07 Å². The van der Waals surface area contributed by atoms with E-state index in [9.17, 15) is 0 Å². The summed E-state index contributed by atoms with van der Waals surface area (Å²) in [5, 5.41) is 7.09. The lowest BCUT2D eigenvalue weighted by Crippen LogP contribution is -2.43. The third-order valence-electron chi connectivity index (χ3n) is 4.72. The zero-order valence-corrected chi connectivity index (χ0v) is 13.8. The molecule has 126 valence electrons. The van der Waals surface area contributed by atoms with E-state index in [1.165, 1.54) is 11.3 Å². The maximum Gasteiger partial charge on any atom is 0.225 e. The Kier molecular flexibility index (Phi) is 4.51. The van der Waals surface area contributed by atoms with Crippen LogP contribution >= 0.6 is 0 Å². The van der Waals surface area contributed by atoms with Gasteiger partial charge >= 0.3 is 0 Å². The average Bonchev–Trinajstić information content (AvgIpc) is 2.89. The van der Waals surface area contributed by atoms with Crippen LogP contribution in [-0.2, 0) is 12.8 Å². The van der Waals surface area contributed by atoms with Crippen molar-refractivity contribution < 1.29 is 0 Å². The van der Waals surface area contributed by atoms with Crippen LogP contribution < -0.4 is 15.5 Å². The molecule has 2 N–H and O–H groups in total. The van der Waals surface area contributed by atoms with Crippen LogP contribution in [0.5, 0.6) is 0 Å². The second-order valence-electron chi connectivity index (χ2n) is 6.38. The van der Waals surface area contributed by atoms with Gasteiger partial charge in [0.05, 0.1) is 5.69 Å². The molecule has 0 bridgehead atoms. The topological polar surface area (TPSA) is 78.9 Å². The van der Waals surface area contributed by atoms with Crippen LogP contribution in [-0.4, -0.2) is 52.2 Å². The Morgan fingerprint density at radius 3 is 2.88 bits per heavy atom. The molecule has 0 spiro atoms. The highest BCUT2D eigenvalue weighted by molar-refractivity contribution is 5.48. The molecule has 1 unspecified atom stereocenters. The minimum absolute atomic E-state index is 0.359. The number of hydrogen-bond donors (Lipinski definition) is 2. The van der Waals surface area contributed by atoms with E-state index in [0.717, 1.165) is 63.6 Å². The van der Waals surface area contributed by atoms with Crippen molar-refractivity contribution >= 4 is 11.8 Å². The minimum Gasteiger partial charge on any atom is -0.365 e. The van der Waals surface area contributed by atoms with E-state index in [4.69, 9.17) is 0 Å². The van der Waals surface area contributed by atoms with E-state index in [2.05, 4.69) is 35.5 Å². The summed E-state index contributed by atoms with van der Waals surface area (Å²) in [6, 6.07) is 2.21. The number of hydrogen-bond acceptors (Lipinski definition) is 7. The summed E-state index contributed by atoms with van der Waals surface area (Å²) >= 11 is 0. The summed E-state index contributed by atoms with van der Waals surface area (Å²) in [5.41, 5.74) is 2.45. The SMILES string of the molecule is c1cnc(N2CCCC(Nc3ncnc4c3CCNCC4)C2)nc1. The van der Waals surface area contributed by atoms with E-state index in [-0.39, 0.29) is 0 Å². The smallest absolute Gasteiger partial charge is 0.225 e. The van der Waals surface area contributed by atoms with Crippen molar-refractivity contribution in [3.63, 3.8) is 0 Å². The van der Waals surface area contributed by atoms with Gasteiger partial charge in [-0.15, -0.1) is 0 Å². The normalized spacial score (nSPS) is 21.0. The van der Waals surface area contributed by atoms with Gasteiger partial charge in [-0.2, -0.15) is 0 Å². The van der Waals surface area contributed by atoms with Crippen molar-refractivity contribution in [1.29, 1.82) is 0 Å². The molecule has 7 heteroatoms. The number of aromatic nitrogens is 4. The molecule has 2 aliphatic rings. The lowest BCUT2D eigenvalue weighted by atomic mass is 10.0. The number of rotatable bonds is 3. The van der Waals surface area contributed by atoms with Gasteiger partial charge in [-0.3, -0.25) is 0 Å². The number of piperidine rings is 1. The molecule has 4 rings (SSSR count). The maximum atomic E-state index is 4.53. The van der Waals surface area contributed by atoms with Gasteiger partial charge in [0.15, 0.2) is 0 Å². The first-order chi connectivity index (χ1) is 11.9. The summed E-state index contributed by atoms with van der Waals surface area (Å²) in [6.07, 6.45) is 9.52. The molecule has 1 saturated heterocycles. The molecular formula is C17H23N7. The fourth-order valence-electron chi connectivity index (χ4n) is 3.52. The molecule has 2 aromatic rings. The summed E-state index contributed by atoms with van der Waals surface area (Å²) in [7, 11) is 0. The molecule has 2 aliphatic heterocycles. The number of nitrogens with zero attached hydrogens (tertiary/aromatic N) is 5. The molecule has 7 nitrogen and oxygen atoms in total. The van der Waals surface area contributed by atoms with Crippen molar-refractivity contribution in [3.8, 4) is 0 Å². The van der Waals surface area contributed by atoms with Crippen LogP contribution in [0, 0.1) is 0 Å². The Morgan fingerprint density at radius 2 is 1.96 bits per heavy atom. The lowest BCUT2D eigenvalue weighted by molar-refractivity contribution is 0.521. The van der Waals surface area contributed by atoms with E-state index in [0.29, 0.717) is 6.04 Å². The predicted octanol–water partition coefficient (Wildman–Crippen LogP) is 1.04. The number of fused-ring (bicyclic) bond motifs is 1. The summed E-state index contributed by atoms with van der Waals surface area (Å²) in [6.45, 7) is 3.89. The van der Waals surface area contributed by atoms with Gasteiger partial charge in [0.2, 0.25) is 5.95 Å². The molecular weight excluding hydrogens is 302 g/mol. The van der Waals surface area contributed by atoms with Crippen LogP contribution in [0.4, 0.5) is 11.8 Å². The standard InChI is InChI=1S/C17H23N7/c1-3-13(11-24(10-1)17-19-6-2-7-20-17)23-16-14-4-8-18-9-5-15(14)21-12-22-16/h2,6-7,12-13,18H,1,3-5,8-11H2,(H,21,22,23). The second kappa shape index (κ2) is 7.09. The third kappa shape index (κ3) is 3.31. The third-order valence-corrected chi connectivity index (χ3v) is 4.72. The molecule has 24 heavy (non-hydrogen) atoms. The van der Waals surface area contributed by atoms with Gasteiger partial charge in [-0.25, -0.2) is 19.9 Å². The Hall–Kier alpha value is -2.28. The van der Waals surface area contributed by atoms with Gasteiger partial charge in [0.25, 0.3) is 0 Å². The van der Waals surface area contributed by atoms with Gasteiger partial charge < -0.3 is 15.5 Å². The fourth-order valence-corrected chi connectivity index (χ4v) is 3.52. The highest BCUT2D eigenvalue weighted by atomic mass is 15.3. The Balaban J connectivity index is 1.49. The van der Waals surface area contributed by atoms with Crippen molar-refractivity contribution in [1.82, 2.24) is 25.3 Å². The van der Waals surface area contributed by atoms with Gasteiger partial charge in [0, 0.05) is 50.1 Å². The first kappa shape index (κ1) is 15.3. The first-order valence-electron chi connectivity index (χ1n) is 8.72. The number of anilines is 2. The fraction of sp³-hybridized carbons (Fsp3) is 0.529. The molecule has 0 aliphatic carbocycles. The second-order valence-corrected chi connectivity index (χ2v) is 6.38. The monoisotopic (exact) mass is 325 g/mol. The van der Waals surface area contributed by atoms with Gasteiger partial charge in [0.1, 0.15) is 12.1 Å². The Bertz CT molecular complexity index is 676. The summed E-state index contributed by atoms with van der Waals surface area (Å²) < 4.78 is 0. The molecule has 1 fully saturated rings. The number of nitrogens with one attached hydrogen (secondary N) is 2. The van der Waals surface area contributed by atoms with E-state index >= 15 is 0 Å². The molecule has 1 atom stereocenters. The highest BCUT2D eigenvalue weighted by Crippen LogP contribution is 2.22. The Morgan fingerprint density at radius 1 is 1.08 bits per heavy atom. The lowest BCUT2D eigenvalue weighted by Gasteiger charge is -2.33. The predicted molar refractivity (Wildman–Crippen MR) is 93.2 cm³/mol. The zero-order chi connectivity index (χ0) is 16.2. The molecule has 4 heterocycles.